The number of hydrogen-bond donors (Lipinski definition) is 3. The molecule has 0 saturated carbocycles. The van der Waals surface area contributed by atoms with E-state index in [1.807, 2.05) is 0 Å². The molecule has 1 rings (SSSR count). The number of nitrogens with zero attached hydrogens (tertiary/aromatic N) is 1. The zero-order chi connectivity index (χ0) is 21.9. The first-order valence-corrected chi connectivity index (χ1v) is 12.7. The number of imide groups is 1. The van der Waals surface area contributed by atoms with Crippen LogP contribution in [-0.4, -0.2) is 71.9 Å². The van der Waals surface area contributed by atoms with Gasteiger partial charge in [0.1, 0.15) is 7.34 Å². The highest BCUT2D eigenvalue weighted by Crippen LogP contribution is 2.36. The fraction of sp³-hybridized carbons (Fsp3) is 0.800. The standard InChI is InChI=1S/C20H37N2O6P/c1-16-13-19(25)22(20(16)26)12-8-4-5-10-18(24)21-11-7-6-9-17(14-23)15-28-29(2,3)27/h16-17,23,27H,2,4-15H2,1,3H3,(H,21,24). The molecule has 29 heavy (non-hydrogen) atoms. The predicted octanol–water partition coefficient (Wildman–Crippen LogP) is 1.76. The summed E-state index contributed by atoms with van der Waals surface area (Å²) >= 11 is 0. The molecule has 0 aromatic carbocycles. The van der Waals surface area contributed by atoms with Crippen LogP contribution in [0.2, 0.25) is 0 Å². The number of rotatable bonds is 15. The van der Waals surface area contributed by atoms with Crippen LogP contribution in [0.25, 0.3) is 0 Å². The van der Waals surface area contributed by atoms with Gasteiger partial charge in [0, 0.05) is 51.0 Å². The highest BCUT2D eigenvalue weighted by molar-refractivity contribution is 7.62. The monoisotopic (exact) mass is 432 g/mol. The van der Waals surface area contributed by atoms with Crippen LogP contribution in [0.4, 0.5) is 0 Å². The molecule has 1 heterocycles. The lowest BCUT2D eigenvalue weighted by atomic mass is 10.0. The summed E-state index contributed by atoms with van der Waals surface area (Å²) < 4.78 is 5.28. The van der Waals surface area contributed by atoms with E-state index in [-0.39, 0.29) is 36.2 Å². The van der Waals surface area contributed by atoms with E-state index in [0.717, 1.165) is 38.5 Å². The minimum atomic E-state index is -2.53. The van der Waals surface area contributed by atoms with Crippen molar-refractivity contribution < 1.29 is 28.9 Å². The molecule has 0 aromatic rings. The smallest absolute Gasteiger partial charge is 0.232 e. The number of amides is 3. The summed E-state index contributed by atoms with van der Waals surface area (Å²) in [5, 5.41) is 12.2. The maximum absolute atomic E-state index is 11.9. The topological polar surface area (TPSA) is 116 Å². The quantitative estimate of drug-likeness (QED) is 0.206. The van der Waals surface area contributed by atoms with Gasteiger partial charge in [0.2, 0.25) is 17.7 Å². The molecular formula is C20H37N2O6P. The van der Waals surface area contributed by atoms with Gasteiger partial charge in [-0.25, -0.2) is 0 Å². The highest BCUT2D eigenvalue weighted by atomic mass is 31.2. The molecule has 3 N–H and O–H groups in total. The Morgan fingerprint density at radius 1 is 1.31 bits per heavy atom. The normalized spacial score (nSPS) is 20.0. The van der Waals surface area contributed by atoms with Crippen molar-refractivity contribution in [1.29, 1.82) is 0 Å². The molecule has 9 heteroatoms. The van der Waals surface area contributed by atoms with Gasteiger partial charge in [0.15, 0.2) is 0 Å². The third kappa shape index (κ3) is 10.9. The van der Waals surface area contributed by atoms with Crippen LogP contribution in [-0.2, 0) is 18.9 Å². The Bertz CT molecular complexity index is 592. The molecule has 0 radical (unpaired) electrons. The van der Waals surface area contributed by atoms with Crippen molar-refractivity contribution in [3.05, 3.63) is 0 Å². The maximum Gasteiger partial charge on any atom is 0.232 e. The van der Waals surface area contributed by atoms with E-state index in [0.29, 0.717) is 32.5 Å². The second-order valence-corrected chi connectivity index (χ2v) is 10.4. The maximum atomic E-state index is 11.9. The number of aliphatic hydroxyl groups excluding tert-OH is 1. The molecule has 3 amide bonds. The summed E-state index contributed by atoms with van der Waals surface area (Å²) in [5.74, 6) is -0.397. The molecule has 168 valence electrons. The summed E-state index contributed by atoms with van der Waals surface area (Å²) in [4.78, 5) is 46.2. The van der Waals surface area contributed by atoms with Gasteiger partial charge in [-0.05, 0) is 25.7 Å². The molecule has 0 aliphatic carbocycles. The second-order valence-electron chi connectivity index (χ2n) is 8.04. The predicted molar refractivity (Wildman–Crippen MR) is 115 cm³/mol. The van der Waals surface area contributed by atoms with Gasteiger partial charge in [-0.1, -0.05) is 26.1 Å². The molecule has 0 aromatic heterocycles. The summed E-state index contributed by atoms with van der Waals surface area (Å²) in [6, 6.07) is 0. The van der Waals surface area contributed by atoms with Crippen molar-refractivity contribution in [3.63, 3.8) is 0 Å². The lowest BCUT2D eigenvalue weighted by Crippen LogP contribution is -2.31. The van der Waals surface area contributed by atoms with Gasteiger partial charge in [-0.15, -0.1) is 0 Å². The van der Waals surface area contributed by atoms with Crippen molar-refractivity contribution in [2.24, 2.45) is 11.8 Å². The Labute approximate surface area is 174 Å². The molecule has 1 aliphatic rings. The van der Waals surface area contributed by atoms with Crippen LogP contribution in [0.5, 0.6) is 0 Å². The third-order valence-electron chi connectivity index (χ3n) is 4.96. The zero-order valence-corrected chi connectivity index (χ0v) is 18.7. The number of carbonyl (C=O) groups is 3. The molecule has 1 fully saturated rings. The number of unbranched alkanes of at least 4 members (excludes halogenated alkanes) is 3. The first-order valence-electron chi connectivity index (χ1n) is 10.4. The van der Waals surface area contributed by atoms with Crippen LogP contribution in [0.3, 0.4) is 0 Å². The molecule has 1 aliphatic heterocycles. The molecular weight excluding hydrogens is 395 g/mol. The average Bonchev–Trinajstić information content (AvgIpc) is 2.88. The van der Waals surface area contributed by atoms with Crippen molar-refractivity contribution in [3.8, 4) is 0 Å². The molecule has 0 bridgehead atoms. The molecule has 3 atom stereocenters. The number of carbonyl (C=O) groups excluding carboxylic acids is 3. The Hall–Kier alpha value is -1.21. The van der Waals surface area contributed by atoms with Crippen molar-refractivity contribution in [1.82, 2.24) is 10.2 Å². The van der Waals surface area contributed by atoms with Gasteiger partial charge in [-0.2, -0.15) is 0 Å². The van der Waals surface area contributed by atoms with Gasteiger partial charge in [0.25, 0.3) is 0 Å². The fourth-order valence-corrected chi connectivity index (χ4v) is 3.71. The van der Waals surface area contributed by atoms with E-state index in [4.69, 9.17) is 4.52 Å². The summed E-state index contributed by atoms with van der Waals surface area (Å²) in [6.07, 6.45) is 8.99. The summed E-state index contributed by atoms with van der Waals surface area (Å²) in [7, 11) is -2.53. The van der Waals surface area contributed by atoms with Gasteiger partial charge < -0.3 is 19.8 Å². The second kappa shape index (κ2) is 13.2. The molecule has 0 spiro atoms. The summed E-state index contributed by atoms with van der Waals surface area (Å²) in [6.45, 7) is 4.66. The van der Waals surface area contributed by atoms with E-state index in [1.54, 1.807) is 13.6 Å². The van der Waals surface area contributed by atoms with Crippen molar-refractivity contribution in [2.75, 3.05) is 33.0 Å². The van der Waals surface area contributed by atoms with Crippen LogP contribution in [0, 0.1) is 11.8 Å². The van der Waals surface area contributed by atoms with E-state index in [2.05, 4.69) is 11.6 Å². The Morgan fingerprint density at radius 3 is 2.62 bits per heavy atom. The lowest BCUT2D eigenvalue weighted by Gasteiger charge is -2.18. The third-order valence-corrected chi connectivity index (χ3v) is 5.67. The SMILES string of the molecule is C=P(C)(O)OCC(CO)CCCCNC(=O)CCCCCN1C(=O)CC(C)C1=O. The van der Waals surface area contributed by atoms with Crippen molar-refractivity contribution in [2.45, 2.75) is 58.3 Å². The average molecular weight is 432 g/mol. The van der Waals surface area contributed by atoms with Crippen LogP contribution in [0.1, 0.15) is 58.3 Å². The minimum absolute atomic E-state index is 0.000105. The van der Waals surface area contributed by atoms with E-state index >= 15 is 0 Å². The van der Waals surface area contributed by atoms with Gasteiger partial charge >= 0.3 is 0 Å². The Morgan fingerprint density at radius 2 is 2.03 bits per heavy atom. The molecule has 3 unspecified atom stereocenters. The van der Waals surface area contributed by atoms with E-state index < -0.39 is 7.34 Å². The number of aliphatic hydroxyl groups is 1. The van der Waals surface area contributed by atoms with E-state index in [9.17, 15) is 24.4 Å². The van der Waals surface area contributed by atoms with Crippen LogP contribution < -0.4 is 5.32 Å². The van der Waals surface area contributed by atoms with Crippen LogP contribution >= 0.6 is 7.34 Å². The zero-order valence-electron chi connectivity index (χ0n) is 17.8. The van der Waals surface area contributed by atoms with Crippen molar-refractivity contribution >= 4 is 31.4 Å². The molecule has 1 saturated heterocycles. The van der Waals surface area contributed by atoms with E-state index in [1.165, 1.54) is 4.90 Å². The number of nitrogens with one attached hydrogen (secondary N) is 1. The number of hydrogen-bond acceptors (Lipinski definition) is 6. The van der Waals surface area contributed by atoms with Gasteiger partial charge in [0.05, 0.1) is 6.61 Å². The summed E-state index contributed by atoms with van der Waals surface area (Å²) in [5.41, 5.74) is 0. The minimum Gasteiger partial charge on any atom is -0.396 e. The number of likely N-dealkylation sites (tertiary alicyclic amines) is 1. The first-order chi connectivity index (χ1) is 13.6. The van der Waals surface area contributed by atoms with Gasteiger partial charge in [-0.3, -0.25) is 19.3 Å². The fourth-order valence-electron chi connectivity index (χ4n) is 3.18. The van der Waals surface area contributed by atoms with Crippen LogP contribution in [0.15, 0.2) is 0 Å². The lowest BCUT2D eigenvalue weighted by molar-refractivity contribution is -0.139. The largest absolute Gasteiger partial charge is 0.396 e. The first kappa shape index (κ1) is 25.8. The Balaban J connectivity index is 2.02. The highest BCUT2D eigenvalue weighted by Gasteiger charge is 2.34. The Kier molecular flexibility index (Phi) is 11.7. The molecule has 8 nitrogen and oxygen atoms in total.